The first kappa shape index (κ1) is 17.2. The lowest BCUT2D eigenvalue weighted by atomic mass is 9.98. The van der Waals surface area contributed by atoms with Crippen molar-refractivity contribution in [2.24, 2.45) is 5.92 Å². The number of aliphatic hydroxyl groups excluding tert-OH is 1. The van der Waals surface area contributed by atoms with Crippen LogP contribution in [-0.2, 0) is 19.1 Å². The summed E-state index contributed by atoms with van der Waals surface area (Å²) in [7, 11) is 0. The molecule has 0 saturated heterocycles. The number of ether oxygens (including phenoxy) is 2. The zero-order valence-electron chi connectivity index (χ0n) is 12.8. The predicted octanol–water partition coefficient (Wildman–Crippen LogP) is 1.24. The van der Waals surface area contributed by atoms with Crippen LogP contribution < -0.4 is 0 Å². The average molecular weight is 298 g/mol. The number of aromatic nitrogens is 2. The minimum atomic E-state index is -1.41. The van der Waals surface area contributed by atoms with Gasteiger partial charge in [0.1, 0.15) is 6.10 Å². The standard InChI is InChI=1S/C14H22N2O5/c1-5-20-13(18)11(14(19)21-6-2)12(17)10-7-15-16(8-10)9(3)4/h7-9,11-12,17H,5-6H2,1-4H3. The van der Waals surface area contributed by atoms with Gasteiger partial charge in [0.2, 0.25) is 0 Å². The summed E-state index contributed by atoms with van der Waals surface area (Å²) in [6.07, 6.45) is 1.67. The van der Waals surface area contributed by atoms with E-state index < -0.39 is 24.0 Å². The van der Waals surface area contributed by atoms with Crippen LogP contribution in [0.4, 0.5) is 0 Å². The highest BCUT2D eigenvalue weighted by Crippen LogP contribution is 2.25. The fourth-order valence-corrected chi connectivity index (χ4v) is 1.80. The second kappa shape index (κ2) is 7.78. The van der Waals surface area contributed by atoms with Gasteiger partial charge in [-0.1, -0.05) is 0 Å². The van der Waals surface area contributed by atoms with Crippen molar-refractivity contribution in [3.8, 4) is 0 Å². The highest BCUT2D eigenvalue weighted by molar-refractivity contribution is 5.95. The van der Waals surface area contributed by atoms with Crippen LogP contribution in [-0.4, -0.2) is 40.0 Å². The van der Waals surface area contributed by atoms with Crippen molar-refractivity contribution in [2.45, 2.75) is 39.8 Å². The van der Waals surface area contributed by atoms with E-state index in [2.05, 4.69) is 5.10 Å². The maximum atomic E-state index is 11.9. The molecular formula is C14H22N2O5. The molecule has 0 saturated carbocycles. The van der Waals surface area contributed by atoms with E-state index in [4.69, 9.17) is 9.47 Å². The first-order valence-electron chi connectivity index (χ1n) is 6.97. The van der Waals surface area contributed by atoms with Gasteiger partial charge >= 0.3 is 11.9 Å². The zero-order valence-corrected chi connectivity index (χ0v) is 12.8. The van der Waals surface area contributed by atoms with Crippen molar-refractivity contribution in [1.29, 1.82) is 0 Å². The monoisotopic (exact) mass is 298 g/mol. The van der Waals surface area contributed by atoms with E-state index in [1.807, 2.05) is 13.8 Å². The Balaban J connectivity index is 2.99. The zero-order chi connectivity index (χ0) is 16.0. The SMILES string of the molecule is CCOC(=O)C(C(=O)OCC)C(O)c1cnn(C(C)C)c1. The third-order valence-corrected chi connectivity index (χ3v) is 2.89. The van der Waals surface area contributed by atoms with E-state index in [9.17, 15) is 14.7 Å². The van der Waals surface area contributed by atoms with Crippen molar-refractivity contribution in [1.82, 2.24) is 9.78 Å². The number of hydrogen-bond donors (Lipinski definition) is 1. The molecule has 0 aliphatic carbocycles. The summed E-state index contributed by atoms with van der Waals surface area (Å²) in [5.74, 6) is -3.02. The molecule has 7 heteroatoms. The van der Waals surface area contributed by atoms with Crippen LogP contribution in [0, 0.1) is 5.92 Å². The van der Waals surface area contributed by atoms with Crippen LogP contribution in [0.2, 0.25) is 0 Å². The predicted molar refractivity (Wildman–Crippen MR) is 74.3 cm³/mol. The van der Waals surface area contributed by atoms with Crippen LogP contribution in [0.5, 0.6) is 0 Å². The molecule has 0 radical (unpaired) electrons. The summed E-state index contributed by atoms with van der Waals surface area (Å²) in [5, 5.41) is 14.4. The summed E-state index contributed by atoms with van der Waals surface area (Å²) in [5.41, 5.74) is 0.370. The van der Waals surface area contributed by atoms with Crippen LogP contribution in [0.25, 0.3) is 0 Å². The third-order valence-electron chi connectivity index (χ3n) is 2.89. The third kappa shape index (κ3) is 4.29. The lowest BCUT2D eigenvalue weighted by Crippen LogP contribution is -2.33. The number of rotatable bonds is 7. The highest BCUT2D eigenvalue weighted by Gasteiger charge is 2.38. The molecule has 1 heterocycles. The minimum absolute atomic E-state index is 0.106. The summed E-state index contributed by atoms with van der Waals surface area (Å²) < 4.78 is 11.3. The number of hydrogen-bond acceptors (Lipinski definition) is 6. The summed E-state index contributed by atoms with van der Waals surface area (Å²) in [6.45, 7) is 7.35. The molecule has 0 bridgehead atoms. The number of nitrogens with zero attached hydrogens (tertiary/aromatic N) is 2. The molecular weight excluding hydrogens is 276 g/mol. The lowest BCUT2D eigenvalue weighted by Gasteiger charge is -2.18. The second-order valence-electron chi connectivity index (χ2n) is 4.77. The Morgan fingerprint density at radius 2 is 1.76 bits per heavy atom. The molecule has 1 atom stereocenters. The normalized spacial score (nSPS) is 12.5. The van der Waals surface area contributed by atoms with Gasteiger partial charge < -0.3 is 14.6 Å². The number of carbonyl (C=O) groups is 2. The van der Waals surface area contributed by atoms with Gasteiger partial charge in [-0.25, -0.2) is 0 Å². The molecule has 1 aromatic rings. The summed E-state index contributed by atoms with van der Waals surface area (Å²) in [4.78, 5) is 23.8. The van der Waals surface area contributed by atoms with Crippen LogP contribution in [0.15, 0.2) is 12.4 Å². The van der Waals surface area contributed by atoms with Gasteiger partial charge in [0.05, 0.1) is 19.4 Å². The molecule has 1 rings (SSSR count). The van der Waals surface area contributed by atoms with Gasteiger partial charge in [-0.05, 0) is 27.7 Å². The molecule has 118 valence electrons. The van der Waals surface area contributed by atoms with Crippen molar-refractivity contribution < 1.29 is 24.2 Å². The van der Waals surface area contributed by atoms with E-state index in [-0.39, 0.29) is 19.3 Å². The largest absolute Gasteiger partial charge is 0.465 e. The van der Waals surface area contributed by atoms with Gasteiger partial charge in [-0.15, -0.1) is 0 Å². The van der Waals surface area contributed by atoms with Gasteiger partial charge in [-0.2, -0.15) is 5.10 Å². The molecule has 0 spiro atoms. The summed E-state index contributed by atoms with van der Waals surface area (Å²) >= 11 is 0. The van der Waals surface area contributed by atoms with E-state index in [0.29, 0.717) is 5.56 Å². The molecule has 0 aromatic carbocycles. The van der Waals surface area contributed by atoms with E-state index in [1.165, 1.54) is 6.20 Å². The molecule has 1 N–H and O–H groups in total. The maximum Gasteiger partial charge on any atom is 0.323 e. The van der Waals surface area contributed by atoms with E-state index >= 15 is 0 Å². The molecule has 1 aromatic heterocycles. The fourth-order valence-electron chi connectivity index (χ4n) is 1.80. The molecule has 21 heavy (non-hydrogen) atoms. The first-order valence-corrected chi connectivity index (χ1v) is 6.97. The van der Waals surface area contributed by atoms with Crippen molar-refractivity contribution >= 4 is 11.9 Å². The van der Waals surface area contributed by atoms with Gasteiger partial charge in [-0.3, -0.25) is 14.3 Å². The van der Waals surface area contributed by atoms with Crippen molar-refractivity contribution in [3.05, 3.63) is 18.0 Å². The van der Waals surface area contributed by atoms with Crippen LogP contribution >= 0.6 is 0 Å². The fraction of sp³-hybridized carbons (Fsp3) is 0.643. The molecule has 0 aliphatic heterocycles. The van der Waals surface area contributed by atoms with Gasteiger partial charge in [0.15, 0.2) is 5.92 Å². The van der Waals surface area contributed by atoms with Crippen molar-refractivity contribution in [2.75, 3.05) is 13.2 Å². The molecule has 7 nitrogen and oxygen atoms in total. The Morgan fingerprint density at radius 1 is 1.24 bits per heavy atom. The smallest absolute Gasteiger partial charge is 0.323 e. The topological polar surface area (TPSA) is 90.7 Å². The van der Waals surface area contributed by atoms with E-state index in [1.54, 1.807) is 24.7 Å². The Labute approximate surface area is 123 Å². The Hall–Kier alpha value is -1.89. The van der Waals surface area contributed by atoms with Crippen LogP contribution in [0.1, 0.15) is 45.4 Å². The Morgan fingerprint density at radius 3 is 2.14 bits per heavy atom. The maximum absolute atomic E-state index is 11.9. The van der Waals surface area contributed by atoms with E-state index in [0.717, 1.165) is 0 Å². The Bertz CT molecular complexity index is 465. The van der Waals surface area contributed by atoms with Crippen LogP contribution in [0.3, 0.4) is 0 Å². The number of esters is 2. The van der Waals surface area contributed by atoms with Gasteiger partial charge in [0, 0.05) is 17.8 Å². The molecule has 0 aliphatic rings. The van der Waals surface area contributed by atoms with Gasteiger partial charge in [0.25, 0.3) is 0 Å². The second-order valence-corrected chi connectivity index (χ2v) is 4.77. The quantitative estimate of drug-likeness (QED) is 0.601. The minimum Gasteiger partial charge on any atom is -0.465 e. The first-order chi connectivity index (χ1) is 9.92. The van der Waals surface area contributed by atoms with Crippen molar-refractivity contribution in [3.63, 3.8) is 0 Å². The average Bonchev–Trinajstić information content (AvgIpc) is 2.89. The number of aliphatic hydroxyl groups is 1. The Kier molecular flexibility index (Phi) is 6.36. The number of carbonyl (C=O) groups excluding carboxylic acids is 2. The highest BCUT2D eigenvalue weighted by atomic mass is 16.6. The molecule has 0 fully saturated rings. The molecule has 0 amide bonds. The molecule has 1 unspecified atom stereocenters. The summed E-state index contributed by atoms with van der Waals surface area (Å²) in [6, 6.07) is 0.106. The lowest BCUT2D eigenvalue weighted by molar-refractivity contribution is -0.167.